The molecule has 0 saturated heterocycles. The van der Waals surface area contributed by atoms with Crippen molar-refractivity contribution in [3.8, 4) is 0 Å². The molecule has 0 unspecified atom stereocenters. The molecule has 0 spiro atoms. The second-order valence-electron chi connectivity index (χ2n) is 7.39. The van der Waals surface area contributed by atoms with E-state index in [0.717, 1.165) is 17.8 Å². The Morgan fingerprint density at radius 3 is 2.37 bits per heavy atom. The first kappa shape index (κ1) is 21.0. The summed E-state index contributed by atoms with van der Waals surface area (Å²) in [5.74, 6) is 0.752. The highest BCUT2D eigenvalue weighted by molar-refractivity contribution is 6.04. The van der Waals surface area contributed by atoms with Crippen molar-refractivity contribution < 1.29 is 9.59 Å². The lowest BCUT2D eigenvalue weighted by molar-refractivity contribution is 0.0951. The minimum atomic E-state index is -0.222. The number of carbonyl (C=O) groups is 2. The van der Waals surface area contributed by atoms with Crippen LogP contribution in [0.15, 0.2) is 72.9 Å². The Kier molecular flexibility index (Phi) is 7.16. The van der Waals surface area contributed by atoms with E-state index in [1.54, 1.807) is 36.5 Å². The van der Waals surface area contributed by atoms with Gasteiger partial charge in [0.15, 0.2) is 0 Å². The summed E-state index contributed by atoms with van der Waals surface area (Å²) in [6.45, 7) is 4.92. The third-order valence-corrected chi connectivity index (χ3v) is 4.47. The first-order chi connectivity index (χ1) is 14.5. The first-order valence-corrected chi connectivity index (χ1v) is 9.99. The Morgan fingerprint density at radius 2 is 1.67 bits per heavy atom. The number of anilines is 3. The van der Waals surface area contributed by atoms with Gasteiger partial charge in [0, 0.05) is 35.2 Å². The van der Waals surface area contributed by atoms with Crippen LogP contribution in [0.5, 0.6) is 0 Å². The highest BCUT2D eigenvalue weighted by Gasteiger charge is 2.08. The summed E-state index contributed by atoms with van der Waals surface area (Å²) in [4.78, 5) is 28.7. The molecule has 1 aromatic heterocycles. The second-order valence-corrected chi connectivity index (χ2v) is 7.39. The summed E-state index contributed by atoms with van der Waals surface area (Å²) >= 11 is 0. The molecular weight excluding hydrogens is 376 g/mol. The predicted octanol–water partition coefficient (Wildman–Crippen LogP) is 4.85. The van der Waals surface area contributed by atoms with E-state index in [1.165, 1.54) is 0 Å². The minimum Gasteiger partial charge on any atom is -0.356 e. The molecule has 0 saturated carbocycles. The summed E-state index contributed by atoms with van der Waals surface area (Å²) in [7, 11) is 0. The van der Waals surface area contributed by atoms with Gasteiger partial charge < -0.3 is 16.0 Å². The number of amides is 2. The van der Waals surface area contributed by atoms with Gasteiger partial charge in [-0.25, -0.2) is 4.98 Å². The number of rotatable bonds is 8. The molecule has 1 heterocycles. The first-order valence-electron chi connectivity index (χ1n) is 9.99. The van der Waals surface area contributed by atoms with E-state index in [4.69, 9.17) is 0 Å². The Morgan fingerprint density at radius 1 is 0.867 bits per heavy atom. The second kappa shape index (κ2) is 10.2. The van der Waals surface area contributed by atoms with Gasteiger partial charge in [0.2, 0.25) is 0 Å². The van der Waals surface area contributed by atoms with E-state index in [9.17, 15) is 9.59 Å². The van der Waals surface area contributed by atoms with Crippen molar-refractivity contribution in [1.29, 1.82) is 0 Å². The summed E-state index contributed by atoms with van der Waals surface area (Å²) in [6.07, 6.45) is 2.57. The number of nitrogens with zero attached hydrogens (tertiary/aromatic N) is 1. The quantitative estimate of drug-likeness (QED) is 0.503. The number of pyridine rings is 1. The van der Waals surface area contributed by atoms with Gasteiger partial charge in [0.05, 0.1) is 0 Å². The molecule has 0 aliphatic rings. The average molecular weight is 402 g/mol. The van der Waals surface area contributed by atoms with E-state index >= 15 is 0 Å². The molecule has 2 aromatic carbocycles. The summed E-state index contributed by atoms with van der Waals surface area (Å²) in [5, 5.41) is 8.97. The highest BCUT2D eigenvalue weighted by atomic mass is 16.2. The fraction of sp³-hybridized carbons (Fsp3) is 0.208. The van der Waals surface area contributed by atoms with E-state index < -0.39 is 0 Å². The fourth-order valence-corrected chi connectivity index (χ4v) is 2.81. The molecule has 0 bridgehead atoms. The maximum atomic E-state index is 12.3. The zero-order valence-corrected chi connectivity index (χ0v) is 17.2. The number of carbonyl (C=O) groups excluding carboxylic acids is 2. The number of nitrogens with one attached hydrogen (secondary N) is 3. The Hall–Kier alpha value is -3.67. The van der Waals surface area contributed by atoms with Crippen molar-refractivity contribution >= 4 is 29.0 Å². The van der Waals surface area contributed by atoms with Crippen LogP contribution in [0.25, 0.3) is 0 Å². The van der Waals surface area contributed by atoms with Crippen LogP contribution in [0.3, 0.4) is 0 Å². The normalized spacial score (nSPS) is 10.5. The molecule has 3 aromatic rings. The van der Waals surface area contributed by atoms with Gasteiger partial charge in [-0.05, 0) is 66.9 Å². The fourth-order valence-electron chi connectivity index (χ4n) is 2.81. The largest absolute Gasteiger partial charge is 0.356 e. The number of aromatic nitrogens is 1. The molecule has 6 heteroatoms. The molecule has 154 valence electrons. The van der Waals surface area contributed by atoms with Crippen LogP contribution in [0, 0.1) is 5.92 Å². The molecule has 0 aliphatic carbocycles. The van der Waals surface area contributed by atoms with Crippen LogP contribution in [-0.2, 0) is 0 Å². The topological polar surface area (TPSA) is 83.1 Å². The maximum absolute atomic E-state index is 12.3. The van der Waals surface area contributed by atoms with Crippen LogP contribution < -0.4 is 16.0 Å². The van der Waals surface area contributed by atoms with Crippen molar-refractivity contribution in [2.45, 2.75) is 20.3 Å². The summed E-state index contributed by atoms with van der Waals surface area (Å²) in [6, 6.07) is 19.8. The standard InChI is InChI=1S/C24H26N4O2/c1-17(2)13-15-26-23(29)19-6-5-7-21(16-19)27-20-11-9-18(10-12-20)24(30)28-22-8-3-4-14-25-22/h3-12,14,16-17,27H,13,15H2,1-2H3,(H,26,29)(H,25,28,30). The Balaban J connectivity index is 1.60. The minimum absolute atomic E-state index is 0.0826. The van der Waals surface area contributed by atoms with Crippen LogP contribution in [0.4, 0.5) is 17.2 Å². The van der Waals surface area contributed by atoms with Crippen molar-refractivity contribution in [2.24, 2.45) is 5.92 Å². The van der Waals surface area contributed by atoms with E-state index in [-0.39, 0.29) is 11.8 Å². The molecule has 0 aliphatic heterocycles. The van der Waals surface area contributed by atoms with Gasteiger partial charge in [-0.2, -0.15) is 0 Å². The SMILES string of the molecule is CC(C)CCNC(=O)c1cccc(Nc2ccc(C(=O)Nc3ccccn3)cc2)c1. The molecule has 0 radical (unpaired) electrons. The predicted molar refractivity (Wildman–Crippen MR) is 120 cm³/mol. The van der Waals surface area contributed by atoms with Crippen molar-refractivity contribution in [2.75, 3.05) is 17.2 Å². The van der Waals surface area contributed by atoms with Crippen LogP contribution in [0.1, 0.15) is 41.0 Å². The third-order valence-electron chi connectivity index (χ3n) is 4.47. The van der Waals surface area contributed by atoms with Crippen LogP contribution >= 0.6 is 0 Å². The Bertz CT molecular complexity index is 986. The zero-order chi connectivity index (χ0) is 21.3. The lowest BCUT2D eigenvalue weighted by Gasteiger charge is -2.10. The molecule has 0 atom stereocenters. The van der Waals surface area contributed by atoms with Gasteiger partial charge in [0.1, 0.15) is 5.82 Å². The van der Waals surface area contributed by atoms with Gasteiger partial charge in [-0.1, -0.05) is 26.0 Å². The van der Waals surface area contributed by atoms with E-state index in [2.05, 4.69) is 34.8 Å². The molecular formula is C24H26N4O2. The van der Waals surface area contributed by atoms with Gasteiger partial charge in [0.25, 0.3) is 11.8 Å². The van der Waals surface area contributed by atoms with Gasteiger partial charge in [-0.15, -0.1) is 0 Å². The van der Waals surface area contributed by atoms with Crippen molar-refractivity contribution in [3.05, 3.63) is 84.1 Å². The molecule has 3 N–H and O–H groups in total. The molecule has 0 fully saturated rings. The molecule has 6 nitrogen and oxygen atoms in total. The van der Waals surface area contributed by atoms with Crippen molar-refractivity contribution in [3.63, 3.8) is 0 Å². The Labute approximate surface area is 176 Å². The number of hydrogen-bond acceptors (Lipinski definition) is 4. The smallest absolute Gasteiger partial charge is 0.256 e. The summed E-state index contributed by atoms with van der Waals surface area (Å²) < 4.78 is 0. The van der Waals surface area contributed by atoms with E-state index in [0.29, 0.717) is 29.4 Å². The molecule has 3 rings (SSSR count). The van der Waals surface area contributed by atoms with Gasteiger partial charge in [-0.3, -0.25) is 9.59 Å². The van der Waals surface area contributed by atoms with Gasteiger partial charge >= 0.3 is 0 Å². The van der Waals surface area contributed by atoms with Crippen molar-refractivity contribution in [1.82, 2.24) is 10.3 Å². The lowest BCUT2D eigenvalue weighted by Crippen LogP contribution is -2.25. The molecule has 2 amide bonds. The van der Waals surface area contributed by atoms with E-state index in [1.807, 2.05) is 36.4 Å². The number of benzene rings is 2. The monoisotopic (exact) mass is 402 g/mol. The zero-order valence-electron chi connectivity index (χ0n) is 17.2. The third kappa shape index (κ3) is 6.17. The maximum Gasteiger partial charge on any atom is 0.256 e. The number of hydrogen-bond donors (Lipinski definition) is 3. The van der Waals surface area contributed by atoms with Crippen LogP contribution in [0.2, 0.25) is 0 Å². The summed E-state index contributed by atoms with van der Waals surface area (Å²) in [5.41, 5.74) is 2.76. The highest BCUT2D eigenvalue weighted by Crippen LogP contribution is 2.19. The van der Waals surface area contributed by atoms with Crippen LogP contribution in [-0.4, -0.2) is 23.3 Å². The molecule has 30 heavy (non-hydrogen) atoms. The average Bonchev–Trinajstić information content (AvgIpc) is 2.75. The lowest BCUT2D eigenvalue weighted by atomic mass is 10.1.